The number of carbonyl (C=O) groups is 1. The van der Waals surface area contributed by atoms with Crippen molar-refractivity contribution in [3.05, 3.63) is 28.5 Å². The normalized spacial score (nSPS) is 16.1. The Bertz CT molecular complexity index is 473. The highest BCUT2D eigenvalue weighted by Gasteiger charge is 2.27. The zero-order valence-electron chi connectivity index (χ0n) is 11.9. The van der Waals surface area contributed by atoms with Gasteiger partial charge in [-0.2, -0.15) is 0 Å². The Kier molecular flexibility index (Phi) is 4.99. The van der Waals surface area contributed by atoms with Crippen LogP contribution in [0.4, 0.5) is 4.79 Å². The van der Waals surface area contributed by atoms with Gasteiger partial charge in [-0.15, -0.1) is 0 Å². The monoisotopic (exact) mass is 341 g/mol. The molecule has 1 saturated heterocycles. The number of nitrogens with one attached hydrogen (secondary N) is 1. The molecule has 1 amide bonds. The van der Waals surface area contributed by atoms with Gasteiger partial charge in [-0.3, -0.25) is 0 Å². The molecule has 1 aliphatic rings. The van der Waals surface area contributed by atoms with Crippen LogP contribution < -0.4 is 5.32 Å². The van der Waals surface area contributed by atoms with Gasteiger partial charge in [0.05, 0.1) is 0 Å². The molecule has 2 heterocycles. The molecule has 1 fully saturated rings. The van der Waals surface area contributed by atoms with Crippen molar-refractivity contribution in [2.45, 2.75) is 25.9 Å². The summed E-state index contributed by atoms with van der Waals surface area (Å²) in [5, 5.41) is 3.21. The second kappa shape index (κ2) is 6.54. The summed E-state index contributed by atoms with van der Waals surface area (Å²) < 4.78 is 6.42. The van der Waals surface area contributed by atoms with E-state index in [2.05, 4.69) is 26.2 Å². The van der Waals surface area contributed by atoms with E-state index in [4.69, 9.17) is 4.74 Å². The summed E-state index contributed by atoms with van der Waals surface area (Å²) in [5.41, 5.74) is 0.327. The number of carbonyl (C=O) groups excluding carboxylic acids is 1. The van der Waals surface area contributed by atoms with Gasteiger partial charge in [0.1, 0.15) is 10.2 Å². The molecule has 0 atom stereocenters. The molecule has 110 valence electrons. The van der Waals surface area contributed by atoms with Gasteiger partial charge < -0.3 is 15.0 Å². The molecule has 1 aliphatic heterocycles. The van der Waals surface area contributed by atoms with E-state index in [0.29, 0.717) is 19.5 Å². The molecule has 1 aromatic heterocycles. The number of pyridine rings is 1. The number of hydrogen-bond acceptors (Lipinski definition) is 4. The Morgan fingerprint density at radius 3 is 2.80 bits per heavy atom. The van der Waals surface area contributed by atoms with E-state index in [-0.39, 0.29) is 6.09 Å². The van der Waals surface area contributed by atoms with Crippen LogP contribution in [0.3, 0.4) is 0 Å². The van der Waals surface area contributed by atoms with Crippen molar-refractivity contribution in [2.75, 3.05) is 26.2 Å². The number of aromatic nitrogens is 1. The van der Waals surface area contributed by atoms with Gasteiger partial charge in [0.15, 0.2) is 0 Å². The third kappa shape index (κ3) is 4.45. The fraction of sp³-hybridized carbons (Fsp3) is 0.571. The summed E-state index contributed by atoms with van der Waals surface area (Å²) in [7, 11) is 0. The molecule has 5 nitrogen and oxygen atoms in total. The number of hydrogen-bond donors (Lipinski definition) is 1. The number of ether oxygens (including phenoxy) is 1. The van der Waals surface area contributed by atoms with Gasteiger partial charge in [0.2, 0.25) is 0 Å². The Labute approximate surface area is 127 Å². The van der Waals surface area contributed by atoms with E-state index in [1.54, 1.807) is 4.90 Å². The average molecular weight is 342 g/mol. The maximum absolute atomic E-state index is 12.1. The second-order valence-corrected chi connectivity index (χ2v) is 6.31. The summed E-state index contributed by atoms with van der Waals surface area (Å²) in [5.74, 6) is 0. The van der Waals surface area contributed by atoms with Gasteiger partial charge >= 0.3 is 6.09 Å². The summed E-state index contributed by atoms with van der Waals surface area (Å²) in [4.78, 5) is 18.2. The maximum atomic E-state index is 12.1. The van der Waals surface area contributed by atoms with Crippen molar-refractivity contribution < 1.29 is 9.53 Å². The highest BCUT2D eigenvalue weighted by molar-refractivity contribution is 9.10. The molecular formula is C14H20BrN3O2. The van der Waals surface area contributed by atoms with Crippen LogP contribution in [-0.2, 0) is 11.2 Å². The molecule has 0 spiro atoms. The first-order chi connectivity index (χ1) is 9.46. The molecule has 0 saturated carbocycles. The minimum Gasteiger partial charge on any atom is -0.443 e. The summed E-state index contributed by atoms with van der Waals surface area (Å²) >= 11 is 3.35. The van der Waals surface area contributed by atoms with Gasteiger partial charge in [0.25, 0.3) is 0 Å². The first-order valence-electron chi connectivity index (χ1n) is 6.76. The van der Waals surface area contributed by atoms with Gasteiger partial charge in [0, 0.05) is 38.3 Å². The van der Waals surface area contributed by atoms with E-state index in [1.807, 2.05) is 32.0 Å². The van der Waals surface area contributed by atoms with Gasteiger partial charge in [-0.25, -0.2) is 9.78 Å². The molecule has 2 rings (SSSR count). The van der Waals surface area contributed by atoms with Crippen LogP contribution in [-0.4, -0.2) is 47.8 Å². The molecule has 0 aliphatic carbocycles. The Hall–Kier alpha value is -1.14. The van der Waals surface area contributed by atoms with Crippen LogP contribution in [0, 0.1) is 0 Å². The lowest BCUT2D eigenvalue weighted by molar-refractivity contribution is 0.0115. The highest BCUT2D eigenvalue weighted by Crippen LogP contribution is 2.18. The minimum absolute atomic E-state index is 0.244. The number of halogens is 1. The lowest BCUT2D eigenvalue weighted by atomic mass is 10.0. The Balaban J connectivity index is 1.94. The van der Waals surface area contributed by atoms with E-state index >= 15 is 0 Å². The summed E-state index contributed by atoms with van der Waals surface area (Å²) in [6.45, 7) is 6.87. The van der Waals surface area contributed by atoms with Crippen LogP contribution in [0.1, 0.15) is 19.5 Å². The zero-order chi connectivity index (χ0) is 14.6. The first-order valence-corrected chi connectivity index (χ1v) is 7.56. The lowest BCUT2D eigenvalue weighted by Gasteiger charge is -2.32. The van der Waals surface area contributed by atoms with E-state index in [9.17, 15) is 4.79 Å². The smallest absolute Gasteiger partial charge is 0.410 e. The fourth-order valence-corrected chi connectivity index (χ4v) is 2.55. The third-order valence-electron chi connectivity index (χ3n) is 3.12. The number of amides is 1. The van der Waals surface area contributed by atoms with Crippen LogP contribution in [0.5, 0.6) is 0 Å². The number of piperazine rings is 1. The quantitative estimate of drug-likeness (QED) is 0.856. The Morgan fingerprint density at radius 2 is 2.15 bits per heavy atom. The molecular weight excluding hydrogens is 322 g/mol. The first kappa shape index (κ1) is 15.3. The van der Waals surface area contributed by atoms with Crippen molar-refractivity contribution in [1.29, 1.82) is 0 Å². The largest absolute Gasteiger partial charge is 0.443 e. The molecule has 0 radical (unpaired) electrons. The lowest BCUT2D eigenvalue weighted by Crippen LogP contribution is -2.48. The second-order valence-electron chi connectivity index (χ2n) is 5.49. The fourth-order valence-electron chi connectivity index (χ4n) is 2.17. The number of nitrogens with zero attached hydrogens (tertiary/aromatic N) is 2. The summed E-state index contributed by atoms with van der Waals surface area (Å²) in [6, 6.07) is 5.75. The van der Waals surface area contributed by atoms with E-state index in [1.165, 1.54) is 0 Å². The number of rotatable bonds is 3. The molecule has 0 bridgehead atoms. The molecule has 1 aromatic rings. The average Bonchev–Trinajstić information content (AvgIpc) is 2.38. The SMILES string of the molecule is CC(C)(Cc1cccc(Br)n1)OC(=O)N1CCNCC1. The van der Waals surface area contributed by atoms with Crippen LogP contribution >= 0.6 is 15.9 Å². The summed E-state index contributed by atoms with van der Waals surface area (Å²) in [6.07, 6.45) is 0.344. The highest BCUT2D eigenvalue weighted by atomic mass is 79.9. The van der Waals surface area contributed by atoms with E-state index in [0.717, 1.165) is 23.4 Å². The minimum atomic E-state index is -0.574. The van der Waals surface area contributed by atoms with Crippen molar-refractivity contribution in [3.8, 4) is 0 Å². The Morgan fingerprint density at radius 1 is 1.45 bits per heavy atom. The van der Waals surface area contributed by atoms with Crippen LogP contribution in [0.25, 0.3) is 0 Å². The van der Waals surface area contributed by atoms with Crippen molar-refractivity contribution in [2.24, 2.45) is 0 Å². The van der Waals surface area contributed by atoms with Gasteiger partial charge in [-0.05, 0) is 41.9 Å². The standard InChI is InChI=1S/C14H20BrN3O2/c1-14(2,10-11-4-3-5-12(15)17-11)20-13(19)18-8-6-16-7-9-18/h3-5,16H,6-10H2,1-2H3. The van der Waals surface area contributed by atoms with Crippen LogP contribution in [0.2, 0.25) is 0 Å². The molecule has 1 N–H and O–H groups in total. The topological polar surface area (TPSA) is 54.5 Å². The zero-order valence-corrected chi connectivity index (χ0v) is 13.4. The van der Waals surface area contributed by atoms with Crippen molar-refractivity contribution in [1.82, 2.24) is 15.2 Å². The molecule has 0 aromatic carbocycles. The molecule has 20 heavy (non-hydrogen) atoms. The van der Waals surface area contributed by atoms with Crippen molar-refractivity contribution in [3.63, 3.8) is 0 Å². The molecule has 0 unspecified atom stereocenters. The maximum Gasteiger partial charge on any atom is 0.410 e. The van der Waals surface area contributed by atoms with Gasteiger partial charge in [-0.1, -0.05) is 6.07 Å². The predicted molar refractivity (Wildman–Crippen MR) is 80.6 cm³/mol. The van der Waals surface area contributed by atoms with Crippen LogP contribution in [0.15, 0.2) is 22.8 Å². The third-order valence-corrected chi connectivity index (χ3v) is 3.56. The molecule has 6 heteroatoms. The van der Waals surface area contributed by atoms with E-state index < -0.39 is 5.60 Å². The van der Waals surface area contributed by atoms with Crippen molar-refractivity contribution >= 4 is 22.0 Å². The predicted octanol–water partition coefficient (Wildman–Crippen LogP) is 2.21.